The maximum Gasteiger partial charge on any atom is 0.260 e. The Kier molecular flexibility index (Phi) is 5.33. The van der Waals surface area contributed by atoms with Crippen LogP contribution >= 0.6 is 11.6 Å². The van der Waals surface area contributed by atoms with Gasteiger partial charge in [0.1, 0.15) is 5.15 Å². The van der Waals surface area contributed by atoms with E-state index < -0.39 is 0 Å². The van der Waals surface area contributed by atoms with Crippen molar-refractivity contribution in [1.82, 2.24) is 9.78 Å². The van der Waals surface area contributed by atoms with Crippen molar-refractivity contribution in [3.8, 4) is 0 Å². The molecular weight excluding hydrogens is 336 g/mol. The minimum absolute atomic E-state index is 0.216. The molecule has 1 amide bonds. The van der Waals surface area contributed by atoms with Crippen molar-refractivity contribution in [3.05, 3.63) is 40.7 Å². The second kappa shape index (κ2) is 7.48. The molecule has 134 valence electrons. The van der Waals surface area contributed by atoms with Crippen molar-refractivity contribution in [2.24, 2.45) is 5.92 Å². The minimum Gasteiger partial charge on any atom is -0.372 e. The van der Waals surface area contributed by atoms with E-state index in [9.17, 15) is 4.79 Å². The highest BCUT2D eigenvalue weighted by atomic mass is 35.5. The number of aromatic nitrogens is 2. The third-order valence-electron chi connectivity index (χ3n) is 4.43. The first kappa shape index (κ1) is 17.8. The van der Waals surface area contributed by atoms with E-state index in [0.29, 0.717) is 28.9 Å². The molecule has 0 atom stereocenters. The third kappa shape index (κ3) is 3.98. The summed E-state index contributed by atoms with van der Waals surface area (Å²) in [5, 5.41) is 7.73. The van der Waals surface area contributed by atoms with Gasteiger partial charge in [-0.05, 0) is 49.9 Å². The Labute approximate surface area is 154 Å². The number of hydrogen-bond acceptors (Lipinski definition) is 3. The SMILES string of the molecule is Cc1nn(CC(C)C)c(Cl)c1C(=O)Nc1ccc(N2CCCC2)cc1. The zero-order valence-electron chi connectivity index (χ0n) is 15.1. The van der Waals surface area contributed by atoms with Crippen LogP contribution < -0.4 is 10.2 Å². The number of benzene rings is 1. The standard InChI is InChI=1S/C19H25ClN4O/c1-13(2)12-24-18(20)17(14(3)22-24)19(25)21-15-6-8-16(9-7-15)23-10-4-5-11-23/h6-9,13H,4-5,10-12H2,1-3H3,(H,21,25). The molecular formula is C19H25ClN4O. The van der Waals surface area contributed by atoms with Crippen LogP contribution in [0.3, 0.4) is 0 Å². The molecule has 1 aromatic heterocycles. The van der Waals surface area contributed by atoms with Crippen molar-refractivity contribution in [2.75, 3.05) is 23.3 Å². The molecule has 1 aliphatic rings. The summed E-state index contributed by atoms with van der Waals surface area (Å²) in [5.74, 6) is 0.192. The number of halogens is 1. The third-order valence-corrected chi connectivity index (χ3v) is 4.81. The van der Waals surface area contributed by atoms with Gasteiger partial charge in [0.05, 0.1) is 11.3 Å². The van der Waals surface area contributed by atoms with E-state index >= 15 is 0 Å². The molecule has 0 aliphatic carbocycles. The van der Waals surface area contributed by atoms with Gasteiger partial charge in [-0.3, -0.25) is 9.48 Å². The van der Waals surface area contributed by atoms with E-state index in [0.717, 1.165) is 18.8 Å². The average Bonchev–Trinajstić information content (AvgIpc) is 3.17. The predicted molar refractivity (Wildman–Crippen MR) is 103 cm³/mol. The van der Waals surface area contributed by atoms with Crippen molar-refractivity contribution < 1.29 is 4.79 Å². The first-order valence-corrected chi connectivity index (χ1v) is 9.22. The van der Waals surface area contributed by atoms with Crippen LogP contribution in [0.1, 0.15) is 42.7 Å². The van der Waals surface area contributed by atoms with E-state index in [-0.39, 0.29) is 5.91 Å². The molecule has 0 unspecified atom stereocenters. The van der Waals surface area contributed by atoms with Gasteiger partial charge in [-0.15, -0.1) is 0 Å². The van der Waals surface area contributed by atoms with Crippen LogP contribution in [0.25, 0.3) is 0 Å². The number of rotatable bonds is 5. The Hall–Kier alpha value is -2.01. The van der Waals surface area contributed by atoms with E-state index in [1.165, 1.54) is 18.5 Å². The van der Waals surface area contributed by atoms with Crippen molar-refractivity contribution in [1.29, 1.82) is 0 Å². The monoisotopic (exact) mass is 360 g/mol. The first-order valence-electron chi connectivity index (χ1n) is 8.85. The molecule has 0 spiro atoms. The van der Waals surface area contributed by atoms with E-state index in [1.54, 1.807) is 4.68 Å². The smallest absolute Gasteiger partial charge is 0.260 e. The highest BCUT2D eigenvalue weighted by Crippen LogP contribution is 2.24. The van der Waals surface area contributed by atoms with Crippen LogP contribution in [0.4, 0.5) is 11.4 Å². The van der Waals surface area contributed by atoms with Crippen LogP contribution in [0, 0.1) is 12.8 Å². The Morgan fingerprint density at radius 3 is 2.48 bits per heavy atom. The van der Waals surface area contributed by atoms with Crippen LogP contribution in [-0.4, -0.2) is 28.8 Å². The molecule has 2 aromatic rings. The summed E-state index contributed by atoms with van der Waals surface area (Å²) in [6.45, 7) is 8.90. The van der Waals surface area contributed by atoms with Crippen LogP contribution in [0.15, 0.2) is 24.3 Å². The molecule has 6 heteroatoms. The molecule has 1 N–H and O–H groups in total. The molecule has 5 nitrogen and oxygen atoms in total. The number of nitrogens with zero attached hydrogens (tertiary/aromatic N) is 3. The molecule has 0 radical (unpaired) electrons. The highest BCUT2D eigenvalue weighted by molar-refractivity contribution is 6.33. The number of carbonyl (C=O) groups is 1. The lowest BCUT2D eigenvalue weighted by molar-refractivity contribution is 0.102. The first-order chi connectivity index (χ1) is 12.0. The number of hydrogen-bond donors (Lipinski definition) is 1. The van der Waals surface area contributed by atoms with Gasteiger partial charge in [0.15, 0.2) is 0 Å². The van der Waals surface area contributed by atoms with Gasteiger partial charge in [-0.1, -0.05) is 25.4 Å². The van der Waals surface area contributed by atoms with Crippen LogP contribution in [0.5, 0.6) is 0 Å². The summed E-state index contributed by atoms with van der Waals surface area (Å²) in [5.41, 5.74) is 3.07. The highest BCUT2D eigenvalue weighted by Gasteiger charge is 2.21. The number of aryl methyl sites for hydroxylation is 1. The summed E-state index contributed by atoms with van der Waals surface area (Å²) in [6.07, 6.45) is 2.49. The van der Waals surface area contributed by atoms with Crippen molar-refractivity contribution >= 4 is 28.9 Å². The normalized spacial score (nSPS) is 14.4. The minimum atomic E-state index is -0.216. The summed E-state index contributed by atoms with van der Waals surface area (Å²) < 4.78 is 1.70. The van der Waals surface area contributed by atoms with Gasteiger partial charge in [-0.2, -0.15) is 5.10 Å². The number of anilines is 2. The van der Waals surface area contributed by atoms with Gasteiger partial charge in [0.2, 0.25) is 0 Å². The molecule has 2 heterocycles. The van der Waals surface area contributed by atoms with E-state index in [4.69, 9.17) is 11.6 Å². The Bertz CT molecular complexity index is 746. The lowest BCUT2D eigenvalue weighted by Crippen LogP contribution is -2.17. The molecule has 0 bridgehead atoms. The fourth-order valence-electron chi connectivity index (χ4n) is 3.20. The second-order valence-electron chi connectivity index (χ2n) is 7.02. The number of nitrogens with one attached hydrogen (secondary N) is 1. The zero-order valence-corrected chi connectivity index (χ0v) is 15.8. The lowest BCUT2D eigenvalue weighted by atomic mass is 10.2. The Morgan fingerprint density at radius 2 is 1.88 bits per heavy atom. The summed E-state index contributed by atoms with van der Waals surface area (Å²) in [6, 6.07) is 7.98. The molecule has 1 saturated heterocycles. The predicted octanol–water partition coefficient (Wildman–Crippen LogP) is 4.35. The van der Waals surface area contributed by atoms with Crippen LogP contribution in [0.2, 0.25) is 5.15 Å². The Morgan fingerprint density at radius 1 is 1.24 bits per heavy atom. The fraction of sp³-hybridized carbons (Fsp3) is 0.474. The van der Waals surface area contributed by atoms with Crippen molar-refractivity contribution in [3.63, 3.8) is 0 Å². The lowest BCUT2D eigenvalue weighted by Gasteiger charge is -2.17. The molecule has 0 saturated carbocycles. The largest absolute Gasteiger partial charge is 0.372 e. The van der Waals surface area contributed by atoms with E-state index in [1.807, 2.05) is 19.1 Å². The summed E-state index contributed by atoms with van der Waals surface area (Å²) in [4.78, 5) is 15.0. The summed E-state index contributed by atoms with van der Waals surface area (Å²) >= 11 is 6.38. The van der Waals surface area contributed by atoms with Crippen molar-refractivity contribution in [2.45, 2.75) is 40.2 Å². The van der Waals surface area contributed by atoms with E-state index in [2.05, 4.69) is 41.3 Å². The molecule has 25 heavy (non-hydrogen) atoms. The number of carbonyl (C=O) groups excluding carboxylic acids is 1. The molecule has 1 aliphatic heterocycles. The molecule has 1 aromatic carbocycles. The molecule has 1 fully saturated rings. The maximum absolute atomic E-state index is 12.6. The Balaban J connectivity index is 1.72. The van der Waals surface area contributed by atoms with Gasteiger partial charge in [0, 0.05) is 31.0 Å². The zero-order chi connectivity index (χ0) is 18.0. The van der Waals surface area contributed by atoms with Gasteiger partial charge in [-0.25, -0.2) is 0 Å². The van der Waals surface area contributed by atoms with Crippen LogP contribution in [-0.2, 0) is 6.54 Å². The van der Waals surface area contributed by atoms with Gasteiger partial charge in [0.25, 0.3) is 5.91 Å². The molecule has 3 rings (SSSR count). The second-order valence-corrected chi connectivity index (χ2v) is 7.38. The van der Waals surface area contributed by atoms with Gasteiger partial charge < -0.3 is 10.2 Å². The summed E-state index contributed by atoms with van der Waals surface area (Å²) in [7, 11) is 0. The maximum atomic E-state index is 12.6. The fourth-order valence-corrected chi connectivity index (χ4v) is 3.53. The number of amides is 1. The topological polar surface area (TPSA) is 50.2 Å². The quantitative estimate of drug-likeness (QED) is 0.862. The van der Waals surface area contributed by atoms with Gasteiger partial charge >= 0.3 is 0 Å². The average molecular weight is 361 g/mol.